The summed E-state index contributed by atoms with van der Waals surface area (Å²) in [6, 6.07) is 0.541. The Kier molecular flexibility index (Phi) is 3.69. The summed E-state index contributed by atoms with van der Waals surface area (Å²) in [6.45, 7) is 3.77. The Labute approximate surface area is 96.3 Å². The van der Waals surface area contributed by atoms with Gasteiger partial charge in [-0.25, -0.2) is 9.97 Å². The summed E-state index contributed by atoms with van der Waals surface area (Å²) in [4.78, 5) is 12.8. The molecule has 1 saturated heterocycles. The lowest BCUT2D eigenvalue weighted by atomic mass is 10.2. The zero-order valence-corrected chi connectivity index (χ0v) is 9.71. The van der Waals surface area contributed by atoms with Crippen molar-refractivity contribution in [1.29, 1.82) is 0 Å². The predicted molar refractivity (Wildman–Crippen MR) is 64.3 cm³/mol. The molecule has 0 radical (unpaired) electrons. The molecule has 0 amide bonds. The SMILES string of the molecule is CN1CCC(N(CCN)c2cncnc2)C1. The van der Waals surface area contributed by atoms with Crippen molar-refractivity contribution in [3.05, 3.63) is 18.7 Å². The highest BCUT2D eigenvalue weighted by Gasteiger charge is 2.25. The maximum atomic E-state index is 5.67. The van der Waals surface area contributed by atoms with Gasteiger partial charge < -0.3 is 15.5 Å². The van der Waals surface area contributed by atoms with Gasteiger partial charge in [-0.1, -0.05) is 0 Å². The number of rotatable bonds is 4. The first-order valence-electron chi connectivity index (χ1n) is 5.71. The standard InChI is InChI=1S/C11H19N5/c1-15-4-2-10(8-15)16(5-3-12)11-6-13-9-14-7-11/h6-7,9-10H,2-5,8,12H2,1H3. The molecule has 0 bridgehead atoms. The minimum absolute atomic E-state index is 0.541. The fourth-order valence-electron chi connectivity index (χ4n) is 2.27. The van der Waals surface area contributed by atoms with Gasteiger partial charge in [-0.3, -0.25) is 0 Å². The van der Waals surface area contributed by atoms with Crippen molar-refractivity contribution in [1.82, 2.24) is 14.9 Å². The fraction of sp³-hybridized carbons (Fsp3) is 0.636. The van der Waals surface area contributed by atoms with Gasteiger partial charge in [0.1, 0.15) is 6.33 Å². The topological polar surface area (TPSA) is 58.3 Å². The smallest absolute Gasteiger partial charge is 0.115 e. The number of nitrogens with two attached hydrogens (primary N) is 1. The Morgan fingerprint density at radius 2 is 2.25 bits per heavy atom. The van der Waals surface area contributed by atoms with Crippen molar-refractivity contribution in [2.75, 3.05) is 38.1 Å². The molecule has 0 aromatic carbocycles. The molecule has 1 aromatic heterocycles. The number of hydrogen-bond donors (Lipinski definition) is 1. The normalized spacial score (nSPS) is 21.2. The maximum absolute atomic E-state index is 5.67. The second-order valence-electron chi connectivity index (χ2n) is 4.28. The van der Waals surface area contributed by atoms with Crippen LogP contribution in [0.25, 0.3) is 0 Å². The molecule has 2 N–H and O–H groups in total. The second kappa shape index (κ2) is 5.23. The molecule has 88 valence electrons. The molecule has 1 aliphatic heterocycles. The molecule has 2 heterocycles. The number of hydrogen-bond acceptors (Lipinski definition) is 5. The van der Waals surface area contributed by atoms with Gasteiger partial charge in [0, 0.05) is 25.7 Å². The Bertz CT molecular complexity index is 315. The molecule has 1 unspecified atom stereocenters. The maximum Gasteiger partial charge on any atom is 0.115 e. The third-order valence-corrected chi connectivity index (χ3v) is 3.06. The van der Waals surface area contributed by atoms with E-state index in [2.05, 4.69) is 26.8 Å². The van der Waals surface area contributed by atoms with Crippen LogP contribution in [0.1, 0.15) is 6.42 Å². The van der Waals surface area contributed by atoms with Gasteiger partial charge in [-0.2, -0.15) is 0 Å². The first kappa shape index (κ1) is 11.3. The van der Waals surface area contributed by atoms with Crippen molar-refractivity contribution in [3.8, 4) is 0 Å². The van der Waals surface area contributed by atoms with Gasteiger partial charge in [0.05, 0.1) is 18.1 Å². The molecule has 0 saturated carbocycles. The van der Waals surface area contributed by atoms with Gasteiger partial charge >= 0.3 is 0 Å². The predicted octanol–water partition coefficient (Wildman–Crippen LogP) is -0.0542. The van der Waals surface area contributed by atoms with E-state index in [-0.39, 0.29) is 0 Å². The molecule has 1 aromatic rings. The van der Waals surface area contributed by atoms with Crippen molar-refractivity contribution in [2.24, 2.45) is 5.73 Å². The molecule has 1 aliphatic rings. The lowest BCUT2D eigenvalue weighted by molar-refractivity contribution is 0.407. The van der Waals surface area contributed by atoms with Crippen LogP contribution in [0.3, 0.4) is 0 Å². The van der Waals surface area contributed by atoms with Crippen molar-refractivity contribution >= 4 is 5.69 Å². The summed E-state index contributed by atoms with van der Waals surface area (Å²) in [5.74, 6) is 0. The minimum atomic E-state index is 0.541. The summed E-state index contributed by atoms with van der Waals surface area (Å²) >= 11 is 0. The second-order valence-corrected chi connectivity index (χ2v) is 4.28. The Balaban J connectivity index is 2.11. The highest BCUT2D eigenvalue weighted by atomic mass is 15.3. The van der Waals surface area contributed by atoms with E-state index < -0.39 is 0 Å². The minimum Gasteiger partial charge on any atom is -0.363 e. The molecule has 0 aliphatic carbocycles. The van der Waals surface area contributed by atoms with E-state index in [1.165, 1.54) is 6.42 Å². The van der Waals surface area contributed by atoms with Crippen LogP contribution in [0, 0.1) is 0 Å². The van der Waals surface area contributed by atoms with Gasteiger partial charge in [0.15, 0.2) is 0 Å². The third kappa shape index (κ3) is 2.48. The van der Waals surface area contributed by atoms with E-state index in [1.807, 2.05) is 12.4 Å². The number of anilines is 1. The van der Waals surface area contributed by atoms with E-state index in [0.29, 0.717) is 12.6 Å². The lowest BCUT2D eigenvalue weighted by Crippen LogP contribution is -2.40. The van der Waals surface area contributed by atoms with Crippen LogP contribution in [0.2, 0.25) is 0 Å². The summed E-state index contributed by atoms with van der Waals surface area (Å²) < 4.78 is 0. The summed E-state index contributed by atoms with van der Waals surface area (Å²) in [5, 5.41) is 0. The largest absolute Gasteiger partial charge is 0.363 e. The van der Waals surface area contributed by atoms with Crippen LogP contribution in [-0.4, -0.2) is 54.1 Å². The van der Waals surface area contributed by atoms with Crippen LogP contribution in [0.5, 0.6) is 0 Å². The fourth-order valence-corrected chi connectivity index (χ4v) is 2.27. The molecule has 5 heteroatoms. The average molecular weight is 221 g/mol. The molecule has 1 atom stereocenters. The quantitative estimate of drug-likeness (QED) is 0.772. The highest BCUT2D eigenvalue weighted by molar-refractivity contribution is 5.43. The molecule has 5 nitrogen and oxygen atoms in total. The lowest BCUT2D eigenvalue weighted by Gasteiger charge is -2.30. The summed E-state index contributed by atoms with van der Waals surface area (Å²) in [6.07, 6.45) is 6.47. The van der Waals surface area contributed by atoms with Crippen LogP contribution in [-0.2, 0) is 0 Å². The van der Waals surface area contributed by atoms with Crippen molar-refractivity contribution in [2.45, 2.75) is 12.5 Å². The monoisotopic (exact) mass is 221 g/mol. The number of likely N-dealkylation sites (tertiary alicyclic amines) is 1. The van der Waals surface area contributed by atoms with E-state index in [1.54, 1.807) is 6.33 Å². The molecule has 16 heavy (non-hydrogen) atoms. The van der Waals surface area contributed by atoms with Gasteiger partial charge in [-0.05, 0) is 20.0 Å². The molecular formula is C11H19N5. The first-order valence-corrected chi connectivity index (χ1v) is 5.71. The van der Waals surface area contributed by atoms with E-state index in [4.69, 9.17) is 5.73 Å². The summed E-state index contributed by atoms with van der Waals surface area (Å²) in [5.41, 5.74) is 6.75. The number of nitrogens with zero attached hydrogens (tertiary/aromatic N) is 4. The van der Waals surface area contributed by atoms with Crippen LogP contribution in [0.15, 0.2) is 18.7 Å². The van der Waals surface area contributed by atoms with Gasteiger partial charge in [0.2, 0.25) is 0 Å². The first-order chi connectivity index (χ1) is 7.81. The van der Waals surface area contributed by atoms with Crippen molar-refractivity contribution in [3.63, 3.8) is 0 Å². The van der Waals surface area contributed by atoms with Crippen LogP contribution >= 0.6 is 0 Å². The molecular weight excluding hydrogens is 202 g/mol. The molecule has 1 fully saturated rings. The Morgan fingerprint density at radius 1 is 1.50 bits per heavy atom. The van der Waals surface area contributed by atoms with Gasteiger partial charge in [-0.15, -0.1) is 0 Å². The number of aromatic nitrogens is 2. The zero-order valence-electron chi connectivity index (χ0n) is 9.71. The summed E-state index contributed by atoms with van der Waals surface area (Å²) in [7, 11) is 2.15. The van der Waals surface area contributed by atoms with E-state index in [9.17, 15) is 0 Å². The highest BCUT2D eigenvalue weighted by Crippen LogP contribution is 2.20. The van der Waals surface area contributed by atoms with Crippen LogP contribution < -0.4 is 10.6 Å². The van der Waals surface area contributed by atoms with Gasteiger partial charge in [0.25, 0.3) is 0 Å². The van der Waals surface area contributed by atoms with Crippen LogP contribution in [0.4, 0.5) is 5.69 Å². The molecule has 2 rings (SSSR count). The Morgan fingerprint density at radius 3 is 2.81 bits per heavy atom. The van der Waals surface area contributed by atoms with Crippen molar-refractivity contribution < 1.29 is 0 Å². The average Bonchev–Trinajstić information content (AvgIpc) is 2.74. The number of likely N-dealkylation sites (N-methyl/N-ethyl adjacent to an activating group) is 1. The molecule has 0 spiro atoms. The van der Waals surface area contributed by atoms with E-state index >= 15 is 0 Å². The zero-order chi connectivity index (χ0) is 11.4. The van der Waals surface area contributed by atoms with E-state index in [0.717, 1.165) is 25.3 Å². The third-order valence-electron chi connectivity index (χ3n) is 3.06. The Hall–Kier alpha value is -1.20.